The largest absolute Gasteiger partial charge is 0.314 e. The molecule has 0 fully saturated rings. The minimum atomic E-state index is 0.648. The molecular formula is C10H22ClN. The molecule has 1 N–H and O–H groups in total. The van der Waals surface area contributed by atoms with Crippen molar-refractivity contribution in [3.05, 3.63) is 0 Å². The lowest BCUT2D eigenvalue weighted by Gasteiger charge is -2.17. The van der Waals surface area contributed by atoms with E-state index in [1.54, 1.807) is 0 Å². The third-order valence-corrected chi connectivity index (χ3v) is 2.68. The van der Waals surface area contributed by atoms with Gasteiger partial charge in [-0.15, -0.1) is 11.6 Å². The summed E-state index contributed by atoms with van der Waals surface area (Å²) in [5.74, 6) is 1.55. The number of nitrogens with one attached hydrogen (secondary N) is 1. The molecule has 1 nitrogen and oxygen atoms in total. The second kappa shape index (κ2) is 7.88. The Bertz CT molecular complexity index is 95.8. The van der Waals surface area contributed by atoms with Crippen molar-refractivity contribution >= 4 is 11.6 Å². The minimum Gasteiger partial charge on any atom is -0.314 e. The molecular weight excluding hydrogens is 170 g/mol. The van der Waals surface area contributed by atoms with Gasteiger partial charge in [0.1, 0.15) is 0 Å². The van der Waals surface area contributed by atoms with E-state index in [-0.39, 0.29) is 0 Å². The van der Waals surface area contributed by atoms with Crippen molar-refractivity contribution in [1.29, 1.82) is 0 Å². The van der Waals surface area contributed by atoms with Crippen LogP contribution >= 0.6 is 11.6 Å². The number of rotatable bonds is 7. The van der Waals surface area contributed by atoms with Crippen LogP contribution in [0.5, 0.6) is 0 Å². The lowest BCUT2D eigenvalue weighted by atomic mass is 10.0. The summed E-state index contributed by atoms with van der Waals surface area (Å²) in [7, 11) is 0. The van der Waals surface area contributed by atoms with E-state index in [9.17, 15) is 0 Å². The zero-order chi connectivity index (χ0) is 9.40. The second-order valence-corrected chi connectivity index (χ2v) is 3.85. The summed E-state index contributed by atoms with van der Waals surface area (Å²) < 4.78 is 0. The van der Waals surface area contributed by atoms with E-state index >= 15 is 0 Å². The SMILES string of the molecule is CCC(CCCl)CNC(C)CC. The van der Waals surface area contributed by atoms with Crippen LogP contribution in [0.2, 0.25) is 0 Å². The zero-order valence-corrected chi connectivity index (χ0v) is 9.32. The first-order chi connectivity index (χ1) is 5.74. The normalized spacial score (nSPS) is 16.0. The van der Waals surface area contributed by atoms with Crippen LogP contribution in [-0.2, 0) is 0 Å². The standard InChI is InChI=1S/C10H22ClN/c1-4-9(3)12-8-10(5-2)6-7-11/h9-10,12H,4-8H2,1-3H3. The third-order valence-electron chi connectivity index (χ3n) is 2.46. The molecule has 0 saturated carbocycles. The van der Waals surface area contributed by atoms with Crippen LogP contribution in [0, 0.1) is 5.92 Å². The first kappa shape index (κ1) is 12.2. The predicted octanol–water partition coefficient (Wildman–Crippen LogP) is 3.03. The van der Waals surface area contributed by atoms with Gasteiger partial charge in [0.25, 0.3) is 0 Å². The van der Waals surface area contributed by atoms with Crippen molar-refractivity contribution in [1.82, 2.24) is 5.32 Å². The molecule has 0 aliphatic heterocycles. The third kappa shape index (κ3) is 5.84. The van der Waals surface area contributed by atoms with Crippen LogP contribution in [0.1, 0.15) is 40.0 Å². The Labute approximate surface area is 81.9 Å². The molecule has 0 bridgehead atoms. The molecule has 0 aliphatic carbocycles. The molecule has 74 valence electrons. The molecule has 0 aromatic rings. The van der Waals surface area contributed by atoms with Crippen molar-refractivity contribution in [2.24, 2.45) is 5.92 Å². The highest BCUT2D eigenvalue weighted by Gasteiger charge is 2.06. The monoisotopic (exact) mass is 191 g/mol. The average molecular weight is 192 g/mol. The first-order valence-electron chi connectivity index (χ1n) is 5.03. The fourth-order valence-electron chi connectivity index (χ4n) is 1.12. The Morgan fingerprint density at radius 2 is 1.92 bits per heavy atom. The molecule has 0 aromatic heterocycles. The summed E-state index contributed by atoms with van der Waals surface area (Å²) in [6.07, 6.45) is 3.58. The first-order valence-corrected chi connectivity index (χ1v) is 5.57. The van der Waals surface area contributed by atoms with Gasteiger partial charge in [-0.2, -0.15) is 0 Å². The van der Waals surface area contributed by atoms with Crippen LogP contribution in [0.25, 0.3) is 0 Å². The minimum absolute atomic E-state index is 0.648. The number of halogens is 1. The van der Waals surface area contributed by atoms with Crippen molar-refractivity contribution in [2.45, 2.75) is 46.1 Å². The van der Waals surface area contributed by atoms with Gasteiger partial charge in [0.2, 0.25) is 0 Å². The fourth-order valence-corrected chi connectivity index (χ4v) is 1.43. The van der Waals surface area contributed by atoms with Gasteiger partial charge in [0, 0.05) is 11.9 Å². The van der Waals surface area contributed by atoms with Gasteiger partial charge in [0.05, 0.1) is 0 Å². The van der Waals surface area contributed by atoms with E-state index in [1.807, 2.05) is 0 Å². The smallest absolute Gasteiger partial charge is 0.0226 e. The fraction of sp³-hybridized carbons (Fsp3) is 1.00. The highest BCUT2D eigenvalue weighted by atomic mass is 35.5. The van der Waals surface area contributed by atoms with Gasteiger partial charge in [-0.1, -0.05) is 20.3 Å². The zero-order valence-electron chi connectivity index (χ0n) is 8.57. The Hall–Kier alpha value is 0.250. The molecule has 0 saturated heterocycles. The van der Waals surface area contributed by atoms with Crippen LogP contribution in [0.3, 0.4) is 0 Å². The van der Waals surface area contributed by atoms with Crippen molar-refractivity contribution < 1.29 is 0 Å². The summed E-state index contributed by atoms with van der Waals surface area (Å²) >= 11 is 5.70. The quantitative estimate of drug-likeness (QED) is 0.611. The molecule has 12 heavy (non-hydrogen) atoms. The van der Waals surface area contributed by atoms with Crippen LogP contribution < -0.4 is 5.32 Å². The van der Waals surface area contributed by atoms with E-state index < -0.39 is 0 Å². The van der Waals surface area contributed by atoms with Crippen LogP contribution in [0.4, 0.5) is 0 Å². The van der Waals surface area contributed by atoms with E-state index in [2.05, 4.69) is 26.1 Å². The molecule has 0 amide bonds. The molecule has 0 aromatic carbocycles. The van der Waals surface area contributed by atoms with E-state index in [4.69, 9.17) is 11.6 Å². The van der Waals surface area contributed by atoms with Crippen LogP contribution in [-0.4, -0.2) is 18.5 Å². The summed E-state index contributed by atoms with van der Waals surface area (Å²) in [4.78, 5) is 0. The molecule has 0 rings (SSSR count). The maximum absolute atomic E-state index is 5.70. The number of alkyl halides is 1. The van der Waals surface area contributed by atoms with Crippen molar-refractivity contribution in [2.75, 3.05) is 12.4 Å². The Morgan fingerprint density at radius 3 is 2.33 bits per heavy atom. The van der Waals surface area contributed by atoms with Gasteiger partial charge in [-0.05, 0) is 32.2 Å². The Kier molecular flexibility index (Phi) is 8.04. The highest BCUT2D eigenvalue weighted by molar-refractivity contribution is 6.17. The van der Waals surface area contributed by atoms with Gasteiger partial charge in [-0.3, -0.25) is 0 Å². The topological polar surface area (TPSA) is 12.0 Å². The maximum atomic E-state index is 5.70. The average Bonchev–Trinajstić information content (AvgIpc) is 2.11. The van der Waals surface area contributed by atoms with Gasteiger partial charge >= 0.3 is 0 Å². The van der Waals surface area contributed by atoms with Crippen molar-refractivity contribution in [3.63, 3.8) is 0 Å². The van der Waals surface area contributed by atoms with Gasteiger partial charge in [-0.25, -0.2) is 0 Å². The Morgan fingerprint density at radius 1 is 1.25 bits per heavy atom. The molecule has 0 radical (unpaired) electrons. The molecule has 0 heterocycles. The van der Waals surface area contributed by atoms with E-state index in [1.165, 1.54) is 12.8 Å². The predicted molar refractivity (Wildman–Crippen MR) is 56.9 cm³/mol. The summed E-state index contributed by atoms with van der Waals surface area (Å²) in [6, 6.07) is 0.648. The lowest BCUT2D eigenvalue weighted by Crippen LogP contribution is -2.30. The van der Waals surface area contributed by atoms with Gasteiger partial charge in [0.15, 0.2) is 0 Å². The molecule has 2 unspecified atom stereocenters. The highest BCUT2D eigenvalue weighted by Crippen LogP contribution is 2.08. The Balaban J connectivity index is 3.43. The molecule has 2 heteroatoms. The maximum Gasteiger partial charge on any atom is 0.0226 e. The molecule has 0 spiro atoms. The number of hydrogen-bond donors (Lipinski definition) is 1. The lowest BCUT2D eigenvalue weighted by molar-refractivity contribution is 0.414. The number of hydrogen-bond acceptors (Lipinski definition) is 1. The second-order valence-electron chi connectivity index (χ2n) is 3.47. The summed E-state index contributed by atoms with van der Waals surface area (Å²) in [6.45, 7) is 7.79. The van der Waals surface area contributed by atoms with Crippen molar-refractivity contribution in [3.8, 4) is 0 Å². The van der Waals surface area contributed by atoms with E-state index in [0.29, 0.717) is 6.04 Å². The van der Waals surface area contributed by atoms with Crippen LogP contribution in [0.15, 0.2) is 0 Å². The molecule has 2 atom stereocenters. The van der Waals surface area contributed by atoms with E-state index in [0.717, 1.165) is 24.8 Å². The van der Waals surface area contributed by atoms with Gasteiger partial charge < -0.3 is 5.32 Å². The summed E-state index contributed by atoms with van der Waals surface area (Å²) in [5, 5.41) is 3.51. The summed E-state index contributed by atoms with van der Waals surface area (Å²) in [5.41, 5.74) is 0. The molecule has 0 aliphatic rings.